The van der Waals surface area contributed by atoms with E-state index in [-0.39, 0.29) is 18.7 Å². The number of carbonyl (C=O) groups is 2. The fourth-order valence-corrected chi connectivity index (χ4v) is 2.46. The highest BCUT2D eigenvalue weighted by molar-refractivity contribution is 9.10. The number of carbonyl (C=O) groups excluding carboxylic acids is 2. The van der Waals surface area contributed by atoms with E-state index in [4.69, 9.17) is 4.74 Å². The van der Waals surface area contributed by atoms with Gasteiger partial charge in [-0.05, 0) is 30.3 Å². The Labute approximate surface area is 149 Å². The Morgan fingerprint density at radius 3 is 2.52 bits per heavy atom. The summed E-state index contributed by atoms with van der Waals surface area (Å²) in [6.45, 7) is -0.478. The van der Waals surface area contributed by atoms with Gasteiger partial charge in [-0.2, -0.15) is 0 Å². The van der Waals surface area contributed by atoms with E-state index in [1.54, 1.807) is 30.3 Å². The Kier molecular flexibility index (Phi) is 6.29. The minimum atomic E-state index is -0.643. The van der Waals surface area contributed by atoms with Crippen molar-refractivity contribution in [2.45, 2.75) is 6.61 Å². The van der Waals surface area contributed by atoms with Crippen LogP contribution in [0.4, 0.5) is 4.39 Å². The summed E-state index contributed by atoms with van der Waals surface area (Å²) in [4.78, 5) is 23.5. The van der Waals surface area contributed by atoms with E-state index >= 15 is 0 Å². The summed E-state index contributed by atoms with van der Waals surface area (Å²) in [5.74, 6) is -1.50. The zero-order chi connectivity index (χ0) is 16.8. The third kappa shape index (κ3) is 5.44. The van der Waals surface area contributed by atoms with Crippen molar-refractivity contribution < 1.29 is 18.7 Å². The van der Waals surface area contributed by atoms with Gasteiger partial charge in [-0.25, -0.2) is 4.39 Å². The van der Waals surface area contributed by atoms with Crippen LogP contribution in [0.3, 0.4) is 0 Å². The molecule has 2 rings (SSSR count). The average Bonchev–Trinajstić information content (AvgIpc) is 2.51. The molecule has 0 unspecified atom stereocenters. The zero-order valence-corrected chi connectivity index (χ0v) is 15.0. The van der Waals surface area contributed by atoms with Crippen LogP contribution in [0.25, 0.3) is 0 Å². The minimum Gasteiger partial charge on any atom is -0.459 e. The van der Waals surface area contributed by atoms with Crippen LogP contribution < -0.4 is 5.32 Å². The number of rotatable bonds is 5. The molecule has 7 heteroatoms. The fourth-order valence-electron chi connectivity index (χ4n) is 1.73. The summed E-state index contributed by atoms with van der Waals surface area (Å²) in [6.07, 6.45) is 0. The molecular formula is C16H12Br2FNO3. The van der Waals surface area contributed by atoms with Gasteiger partial charge >= 0.3 is 5.97 Å². The second kappa shape index (κ2) is 8.21. The van der Waals surface area contributed by atoms with E-state index in [2.05, 4.69) is 37.2 Å². The maximum atomic E-state index is 13.6. The lowest BCUT2D eigenvalue weighted by atomic mass is 10.2. The highest BCUT2D eigenvalue weighted by atomic mass is 79.9. The Morgan fingerprint density at radius 1 is 1.09 bits per heavy atom. The van der Waals surface area contributed by atoms with Crippen molar-refractivity contribution in [1.29, 1.82) is 0 Å². The van der Waals surface area contributed by atoms with Crippen LogP contribution in [0.15, 0.2) is 51.4 Å². The predicted molar refractivity (Wildman–Crippen MR) is 90.4 cm³/mol. The highest BCUT2D eigenvalue weighted by Crippen LogP contribution is 2.16. The predicted octanol–water partition coefficient (Wildman–Crippen LogP) is 3.82. The highest BCUT2D eigenvalue weighted by Gasteiger charge is 2.10. The zero-order valence-electron chi connectivity index (χ0n) is 11.8. The second-order valence-corrected chi connectivity index (χ2v) is 6.42. The topological polar surface area (TPSA) is 55.4 Å². The summed E-state index contributed by atoms with van der Waals surface area (Å²) in [5, 5.41) is 2.45. The van der Waals surface area contributed by atoms with Crippen LogP contribution >= 0.6 is 31.9 Å². The number of nitrogens with one attached hydrogen (secondary N) is 1. The van der Waals surface area contributed by atoms with Crippen LogP contribution in [0, 0.1) is 5.82 Å². The van der Waals surface area contributed by atoms with Crippen LogP contribution in [0.5, 0.6) is 0 Å². The standard InChI is InChI=1S/C16H12Br2FNO3/c17-12-3-1-2-10(6-12)16(22)20-8-15(21)23-9-11-4-5-13(18)7-14(11)19/h1-7H,8-9H2,(H,20,22). The lowest BCUT2D eigenvalue weighted by molar-refractivity contribution is -0.143. The van der Waals surface area contributed by atoms with E-state index in [0.717, 1.165) is 4.47 Å². The van der Waals surface area contributed by atoms with Gasteiger partial charge in [0.15, 0.2) is 0 Å². The SMILES string of the molecule is O=C(CNC(=O)c1cccc(Br)c1)OCc1ccc(Br)cc1F. The molecule has 23 heavy (non-hydrogen) atoms. The Hall–Kier alpha value is -1.73. The van der Waals surface area contributed by atoms with Gasteiger partial charge in [0.25, 0.3) is 5.91 Å². The normalized spacial score (nSPS) is 10.2. The molecule has 0 atom stereocenters. The molecule has 0 heterocycles. The Morgan fingerprint density at radius 2 is 1.83 bits per heavy atom. The average molecular weight is 445 g/mol. The van der Waals surface area contributed by atoms with Crippen LogP contribution in [0.1, 0.15) is 15.9 Å². The van der Waals surface area contributed by atoms with Crippen molar-refractivity contribution >= 4 is 43.7 Å². The lowest BCUT2D eigenvalue weighted by Gasteiger charge is -2.08. The van der Waals surface area contributed by atoms with E-state index in [1.807, 2.05) is 0 Å². The van der Waals surface area contributed by atoms with Gasteiger partial charge < -0.3 is 10.1 Å². The van der Waals surface area contributed by atoms with Crippen molar-refractivity contribution in [3.63, 3.8) is 0 Å². The molecule has 0 aromatic heterocycles. The number of hydrogen-bond acceptors (Lipinski definition) is 3. The number of ether oxygens (including phenoxy) is 1. The van der Waals surface area contributed by atoms with Crippen molar-refractivity contribution in [2.75, 3.05) is 6.54 Å². The second-order valence-electron chi connectivity index (χ2n) is 4.59. The maximum Gasteiger partial charge on any atom is 0.325 e. The summed E-state index contributed by atoms with van der Waals surface area (Å²) in [6, 6.07) is 11.2. The first-order valence-electron chi connectivity index (χ1n) is 6.59. The molecule has 4 nitrogen and oxygen atoms in total. The third-order valence-corrected chi connectivity index (χ3v) is 3.87. The molecule has 0 saturated heterocycles. The van der Waals surface area contributed by atoms with Crippen LogP contribution in [-0.4, -0.2) is 18.4 Å². The molecule has 0 aliphatic rings. The van der Waals surface area contributed by atoms with Crippen molar-refractivity contribution in [3.05, 3.63) is 68.4 Å². The molecule has 1 amide bonds. The van der Waals surface area contributed by atoms with Crippen molar-refractivity contribution in [1.82, 2.24) is 5.32 Å². The molecule has 0 spiro atoms. The summed E-state index contributed by atoms with van der Waals surface area (Å²) < 4.78 is 19.9. The van der Waals surface area contributed by atoms with Gasteiger partial charge in [-0.1, -0.05) is 44.0 Å². The van der Waals surface area contributed by atoms with Crippen LogP contribution in [-0.2, 0) is 16.1 Å². The number of esters is 1. The number of hydrogen-bond donors (Lipinski definition) is 1. The van der Waals surface area contributed by atoms with Gasteiger partial charge in [0.1, 0.15) is 19.0 Å². The quantitative estimate of drug-likeness (QED) is 0.713. The molecule has 1 N–H and O–H groups in total. The van der Waals surface area contributed by atoms with Gasteiger partial charge in [0, 0.05) is 20.1 Å². The molecule has 2 aromatic rings. The first-order valence-corrected chi connectivity index (χ1v) is 8.17. The number of halogens is 3. The number of amides is 1. The number of benzene rings is 2. The van der Waals surface area contributed by atoms with Gasteiger partial charge in [-0.3, -0.25) is 9.59 Å². The maximum absolute atomic E-state index is 13.6. The van der Waals surface area contributed by atoms with Gasteiger partial charge in [0.2, 0.25) is 0 Å². The molecule has 0 aliphatic carbocycles. The van der Waals surface area contributed by atoms with E-state index < -0.39 is 17.7 Å². The minimum absolute atomic E-state index is 0.190. The first-order chi connectivity index (χ1) is 11.0. The Bertz CT molecular complexity index is 737. The van der Waals surface area contributed by atoms with E-state index in [0.29, 0.717) is 10.0 Å². The summed E-state index contributed by atoms with van der Waals surface area (Å²) in [5.41, 5.74) is 0.686. The summed E-state index contributed by atoms with van der Waals surface area (Å²) >= 11 is 6.41. The lowest BCUT2D eigenvalue weighted by Crippen LogP contribution is -2.30. The van der Waals surface area contributed by atoms with Gasteiger partial charge in [-0.15, -0.1) is 0 Å². The first kappa shape index (κ1) is 17.6. The van der Waals surface area contributed by atoms with Crippen molar-refractivity contribution in [2.24, 2.45) is 0 Å². The van der Waals surface area contributed by atoms with E-state index in [9.17, 15) is 14.0 Å². The molecule has 0 bridgehead atoms. The Balaban J connectivity index is 1.82. The van der Waals surface area contributed by atoms with E-state index in [1.165, 1.54) is 12.1 Å². The smallest absolute Gasteiger partial charge is 0.325 e. The molecule has 2 aromatic carbocycles. The summed E-state index contributed by atoms with van der Waals surface area (Å²) in [7, 11) is 0. The molecule has 120 valence electrons. The molecule has 0 fully saturated rings. The van der Waals surface area contributed by atoms with Crippen molar-refractivity contribution in [3.8, 4) is 0 Å². The monoisotopic (exact) mass is 443 g/mol. The van der Waals surface area contributed by atoms with Crippen LogP contribution in [0.2, 0.25) is 0 Å². The molecule has 0 radical (unpaired) electrons. The molecular weight excluding hydrogens is 433 g/mol. The van der Waals surface area contributed by atoms with Gasteiger partial charge in [0.05, 0.1) is 0 Å². The molecule has 0 aliphatic heterocycles. The largest absolute Gasteiger partial charge is 0.459 e. The third-order valence-electron chi connectivity index (χ3n) is 2.88. The fraction of sp³-hybridized carbons (Fsp3) is 0.125. The molecule has 0 saturated carbocycles.